The average Bonchev–Trinajstić information content (AvgIpc) is 2.72. The molecule has 1 heterocycles. The van der Waals surface area contributed by atoms with Crippen molar-refractivity contribution in [1.29, 1.82) is 0 Å². The maximum Gasteiger partial charge on any atom is 0.278 e. The first-order valence-corrected chi connectivity index (χ1v) is 11.8. The highest BCUT2D eigenvalue weighted by Crippen LogP contribution is 2.30. The molecule has 0 radical (unpaired) electrons. The Hall–Kier alpha value is -3.46. The summed E-state index contributed by atoms with van der Waals surface area (Å²) in [6.45, 7) is 12.8. The van der Waals surface area contributed by atoms with Crippen LogP contribution in [0.1, 0.15) is 41.7 Å². The zero-order valence-corrected chi connectivity index (χ0v) is 21.2. The van der Waals surface area contributed by atoms with Gasteiger partial charge in [-0.05, 0) is 64.3 Å². The van der Waals surface area contributed by atoms with E-state index in [0.717, 1.165) is 45.3 Å². The van der Waals surface area contributed by atoms with Gasteiger partial charge in [0.15, 0.2) is 10.9 Å². The Kier molecular flexibility index (Phi) is 7.56. The number of H-pyrrole nitrogens is 1. The molecule has 0 saturated carbocycles. The second kappa shape index (κ2) is 10.2. The summed E-state index contributed by atoms with van der Waals surface area (Å²) in [5, 5.41) is 13.7. The van der Waals surface area contributed by atoms with Crippen molar-refractivity contribution in [1.82, 2.24) is 15.2 Å². The van der Waals surface area contributed by atoms with Gasteiger partial charge >= 0.3 is 0 Å². The lowest BCUT2D eigenvalue weighted by Crippen LogP contribution is -2.24. The molecule has 0 aliphatic carbocycles. The fourth-order valence-electron chi connectivity index (χ4n) is 3.87. The fraction of sp³-hybridized carbons (Fsp3) is 0.320. The van der Waals surface area contributed by atoms with E-state index in [1.165, 1.54) is 6.92 Å². The summed E-state index contributed by atoms with van der Waals surface area (Å²) < 4.78 is 0. The summed E-state index contributed by atoms with van der Waals surface area (Å²) >= 11 is 1.11. The van der Waals surface area contributed by atoms with Crippen LogP contribution in [0.25, 0.3) is 11.3 Å². The highest BCUT2D eigenvalue weighted by molar-refractivity contribution is 8.00. The minimum absolute atomic E-state index is 0.0999. The number of benzene rings is 2. The van der Waals surface area contributed by atoms with Crippen LogP contribution in [-0.4, -0.2) is 32.2 Å². The zero-order chi connectivity index (χ0) is 25.2. The number of carbonyl (C=O) groups is 2. The summed E-state index contributed by atoms with van der Waals surface area (Å²) in [6, 6.07) is 7.74. The van der Waals surface area contributed by atoms with E-state index < -0.39 is 10.8 Å². The van der Waals surface area contributed by atoms with Crippen molar-refractivity contribution in [2.45, 2.75) is 58.9 Å². The Morgan fingerprint density at radius 2 is 1.44 bits per heavy atom. The van der Waals surface area contributed by atoms with Crippen molar-refractivity contribution in [3.05, 3.63) is 62.4 Å². The Labute approximate surface area is 203 Å². The minimum Gasteiger partial charge on any atom is -0.325 e. The lowest BCUT2D eigenvalue weighted by atomic mass is 10.0. The van der Waals surface area contributed by atoms with Gasteiger partial charge in [0.1, 0.15) is 0 Å². The summed E-state index contributed by atoms with van der Waals surface area (Å²) in [7, 11) is 0. The second-order valence-electron chi connectivity index (χ2n) is 8.52. The molecular weight excluding hydrogens is 450 g/mol. The van der Waals surface area contributed by atoms with Crippen LogP contribution in [0.5, 0.6) is 0 Å². The third kappa shape index (κ3) is 5.72. The molecular formula is C25H29N5O3S. The van der Waals surface area contributed by atoms with Gasteiger partial charge in [-0.15, -0.1) is 10.2 Å². The maximum absolute atomic E-state index is 12.9. The predicted octanol–water partition coefficient (Wildman–Crippen LogP) is 4.45. The molecule has 0 unspecified atom stereocenters. The topological polar surface area (TPSA) is 117 Å². The normalized spacial score (nSPS) is 11.7. The van der Waals surface area contributed by atoms with Crippen LogP contribution in [-0.2, 0) is 9.59 Å². The lowest BCUT2D eigenvalue weighted by molar-refractivity contribution is -0.115. The van der Waals surface area contributed by atoms with Crippen LogP contribution in [0.3, 0.4) is 0 Å². The molecule has 1 atom stereocenters. The molecule has 8 nitrogen and oxygen atoms in total. The lowest BCUT2D eigenvalue weighted by Gasteiger charge is -2.16. The van der Waals surface area contributed by atoms with Gasteiger partial charge in [0, 0.05) is 18.2 Å². The van der Waals surface area contributed by atoms with Crippen LogP contribution in [0.2, 0.25) is 0 Å². The molecule has 0 bridgehead atoms. The SMILES string of the molecule is CC(=O)Nc1c(C)cc(C)cc1-c1nnc(S[C@@H](C)C(=O)Nc2c(C)cc(C)cc2C)[nH]c1=O. The molecule has 0 saturated heterocycles. The van der Waals surface area contributed by atoms with Crippen LogP contribution in [0.15, 0.2) is 34.2 Å². The number of hydrogen-bond donors (Lipinski definition) is 3. The molecule has 2 amide bonds. The smallest absolute Gasteiger partial charge is 0.278 e. The Morgan fingerprint density at radius 1 is 0.882 bits per heavy atom. The Morgan fingerprint density at radius 3 is 2.00 bits per heavy atom. The average molecular weight is 480 g/mol. The number of nitrogens with zero attached hydrogens (tertiary/aromatic N) is 2. The van der Waals surface area contributed by atoms with Gasteiger partial charge in [0.25, 0.3) is 5.56 Å². The number of anilines is 2. The fourth-order valence-corrected chi connectivity index (χ4v) is 4.61. The van der Waals surface area contributed by atoms with E-state index in [2.05, 4.69) is 25.8 Å². The van der Waals surface area contributed by atoms with Crippen LogP contribution < -0.4 is 16.2 Å². The van der Waals surface area contributed by atoms with Crippen LogP contribution in [0.4, 0.5) is 11.4 Å². The number of hydrogen-bond acceptors (Lipinski definition) is 6. The number of aromatic amines is 1. The quantitative estimate of drug-likeness (QED) is 0.450. The van der Waals surface area contributed by atoms with Crippen molar-refractivity contribution in [3.8, 4) is 11.3 Å². The number of rotatable bonds is 6. The number of aryl methyl sites for hydroxylation is 5. The van der Waals surface area contributed by atoms with E-state index in [0.29, 0.717) is 11.3 Å². The molecule has 1 aromatic heterocycles. The van der Waals surface area contributed by atoms with E-state index >= 15 is 0 Å². The molecule has 9 heteroatoms. The number of amides is 2. The van der Waals surface area contributed by atoms with Crippen molar-refractivity contribution in [2.75, 3.05) is 10.6 Å². The summed E-state index contributed by atoms with van der Waals surface area (Å²) in [4.78, 5) is 40.1. The second-order valence-corrected chi connectivity index (χ2v) is 9.85. The van der Waals surface area contributed by atoms with Gasteiger partial charge in [-0.2, -0.15) is 0 Å². The summed E-state index contributed by atoms with van der Waals surface area (Å²) in [5.74, 6) is -0.447. The van der Waals surface area contributed by atoms with Gasteiger partial charge in [-0.25, -0.2) is 0 Å². The first kappa shape index (κ1) is 25.2. The van der Waals surface area contributed by atoms with Gasteiger partial charge in [0.05, 0.1) is 10.9 Å². The van der Waals surface area contributed by atoms with Crippen LogP contribution >= 0.6 is 11.8 Å². The molecule has 178 valence electrons. The van der Waals surface area contributed by atoms with Gasteiger partial charge < -0.3 is 10.6 Å². The first-order chi connectivity index (χ1) is 16.0. The Bertz CT molecular complexity index is 1310. The molecule has 0 aliphatic heterocycles. The third-order valence-electron chi connectivity index (χ3n) is 5.30. The molecule has 3 N–H and O–H groups in total. The number of aromatic nitrogens is 3. The molecule has 3 aromatic rings. The van der Waals surface area contributed by atoms with E-state index in [1.54, 1.807) is 13.0 Å². The van der Waals surface area contributed by atoms with Gasteiger partial charge in [0.2, 0.25) is 11.8 Å². The number of carbonyl (C=O) groups excluding carboxylic acids is 2. The van der Waals surface area contributed by atoms with Gasteiger partial charge in [-0.1, -0.05) is 41.1 Å². The van der Waals surface area contributed by atoms with Crippen LogP contribution in [0, 0.1) is 34.6 Å². The summed E-state index contributed by atoms with van der Waals surface area (Å²) in [6.07, 6.45) is 0. The van der Waals surface area contributed by atoms with Crippen molar-refractivity contribution < 1.29 is 9.59 Å². The van der Waals surface area contributed by atoms with E-state index in [-0.39, 0.29) is 22.7 Å². The molecule has 2 aromatic carbocycles. The molecule has 0 aliphatic rings. The first-order valence-electron chi connectivity index (χ1n) is 10.9. The third-order valence-corrected chi connectivity index (χ3v) is 6.27. The predicted molar refractivity (Wildman–Crippen MR) is 136 cm³/mol. The maximum atomic E-state index is 12.9. The van der Waals surface area contributed by atoms with E-state index in [9.17, 15) is 14.4 Å². The standard InChI is InChI=1S/C25H29N5O3S/c1-12-8-14(3)20(15(4)9-12)27-23(32)17(6)34-25-28-24(33)22(29-30-25)19-11-13(2)10-16(5)21(19)26-18(7)31/h8-11,17H,1-7H3,(H,26,31)(H,27,32)(H,28,30,33)/t17-/m0/s1. The molecule has 34 heavy (non-hydrogen) atoms. The largest absolute Gasteiger partial charge is 0.325 e. The van der Waals surface area contributed by atoms with Crippen molar-refractivity contribution in [3.63, 3.8) is 0 Å². The Balaban J connectivity index is 1.83. The summed E-state index contributed by atoms with van der Waals surface area (Å²) in [5.41, 5.74) is 6.31. The van der Waals surface area contributed by atoms with Gasteiger partial charge in [-0.3, -0.25) is 19.4 Å². The van der Waals surface area contributed by atoms with Crippen molar-refractivity contribution in [2.24, 2.45) is 0 Å². The van der Waals surface area contributed by atoms with E-state index in [4.69, 9.17) is 0 Å². The highest BCUT2D eigenvalue weighted by atomic mass is 32.2. The number of nitrogens with one attached hydrogen (secondary N) is 3. The highest BCUT2D eigenvalue weighted by Gasteiger charge is 2.20. The zero-order valence-electron chi connectivity index (χ0n) is 20.4. The molecule has 0 spiro atoms. The number of thioether (sulfide) groups is 1. The van der Waals surface area contributed by atoms with Crippen molar-refractivity contribution >= 4 is 35.0 Å². The molecule has 0 fully saturated rings. The molecule has 3 rings (SSSR count). The van der Waals surface area contributed by atoms with E-state index in [1.807, 2.05) is 52.8 Å². The minimum atomic E-state index is -0.521. The monoisotopic (exact) mass is 479 g/mol.